The van der Waals surface area contributed by atoms with E-state index in [-0.39, 0.29) is 5.12 Å². The van der Waals surface area contributed by atoms with Gasteiger partial charge in [0.15, 0.2) is 5.12 Å². The minimum absolute atomic E-state index is 0.0255. The van der Waals surface area contributed by atoms with Gasteiger partial charge >= 0.3 is 13.1 Å². The van der Waals surface area contributed by atoms with Crippen molar-refractivity contribution in [2.24, 2.45) is 0 Å². The van der Waals surface area contributed by atoms with Gasteiger partial charge in [0, 0.05) is 17.1 Å². The predicted octanol–water partition coefficient (Wildman–Crippen LogP) is 4.53. The molecule has 0 aromatic heterocycles. The molecule has 0 aliphatic carbocycles. The van der Waals surface area contributed by atoms with E-state index in [9.17, 15) is 9.59 Å². The highest BCUT2D eigenvalue weighted by molar-refractivity contribution is 9.10. The average Bonchev–Trinajstić information content (AvgIpc) is 2.79. The Morgan fingerprint density at radius 3 is 2.30 bits per heavy atom. The Hall–Kier alpha value is -1.09. The first-order valence-electron chi connectivity index (χ1n) is 8.54. The van der Waals surface area contributed by atoms with Crippen LogP contribution in [0, 0.1) is 0 Å². The molecule has 0 saturated carbocycles. The van der Waals surface area contributed by atoms with Crippen LogP contribution in [0.4, 0.5) is 0 Å². The Bertz CT molecular complexity index is 759. The molecule has 1 aromatic rings. The van der Waals surface area contributed by atoms with E-state index in [1.54, 1.807) is 12.1 Å². The number of hydrogen-bond acceptors (Lipinski definition) is 6. The quantitative estimate of drug-likeness (QED) is 0.481. The minimum atomic E-state index is -0.547. The zero-order valence-electron chi connectivity index (χ0n) is 16.4. The maximum Gasteiger partial charge on any atom is 0.491 e. The molecule has 0 spiro atoms. The summed E-state index contributed by atoms with van der Waals surface area (Å²) in [6.45, 7) is 9.49. The fourth-order valence-electron chi connectivity index (χ4n) is 2.45. The third kappa shape index (κ3) is 5.25. The van der Waals surface area contributed by atoms with Gasteiger partial charge in [0.05, 0.1) is 23.9 Å². The zero-order chi connectivity index (χ0) is 20.4. The fraction of sp³-hybridized carbons (Fsp3) is 0.474. The highest BCUT2D eigenvalue weighted by Gasteiger charge is 2.52. The number of ether oxygens (including phenoxy) is 1. The summed E-state index contributed by atoms with van der Waals surface area (Å²) in [6, 6.07) is 5.22. The zero-order valence-corrected chi connectivity index (χ0v) is 18.8. The Morgan fingerprint density at radius 1 is 1.22 bits per heavy atom. The van der Waals surface area contributed by atoms with Crippen LogP contribution in [0.3, 0.4) is 0 Å². The molecule has 1 heterocycles. The summed E-state index contributed by atoms with van der Waals surface area (Å²) in [5.74, 6) is 0.0571. The van der Waals surface area contributed by atoms with Gasteiger partial charge in [-0.15, -0.1) is 0 Å². The van der Waals surface area contributed by atoms with Gasteiger partial charge in [-0.3, -0.25) is 4.79 Å². The van der Waals surface area contributed by atoms with Gasteiger partial charge in [-0.25, -0.2) is 4.79 Å². The largest absolute Gasteiger partial charge is 0.491 e. The molecule has 1 aromatic carbocycles. The molecule has 0 bridgehead atoms. The Kier molecular flexibility index (Phi) is 7.00. The van der Waals surface area contributed by atoms with Crippen molar-refractivity contribution in [1.82, 2.24) is 0 Å². The van der Waals surface area contributed by atoms with Crippen LogP contribution >= 0.6 is 27.7 Å². The number of thioether (sulfide) groups is 1. The van der Waals surface area contributed by atoms with Crippen molar-refractivity contribution in [3.05, 3.63) is 39.3 Å². The van der Waals surface area contributed by atoms with Crippen LogP contribution in [0.15, 0.2) is 28.1 Å². The standard InChI is InChI=1S/C19H24BBrO5S/c1-12(22)27-11-15(20-25-18(2,3)19(4,5)26-20)9-13-7-8-14(10-16(13)21)17(23)24-6/h7-10H,11H2,1-6H3. The van der Waals surface area contributed by atoms with Crippen molar-refractivity contribution in [2.75, 3.05) is 12.9 Å². The summed E-state index contributed by atoms with van der Waals surface area (Å²) in [5, 5.41) is 0.0255. The first kappa shape index (κ1) is 22.2. The third-order valence-corrected chi connectivity index (χ3v) is 6.33. The number of hydrogen-bond donors (Lipinski definition) is 0. The topological polar surface area (TPSA) is 61.8 Å². The van der Waals surface area contributed by atoms with Gasteiger partial charge in [0.2, 0.25) is 0 Å². The summed E-state index contributed by atoms with van der Waals surface area (Å²) in [6.07, 6.45) is 1.93. The van der Waals surface area contributed by atoms with E-state index in [1.807, 2.05) is 39.8 Å². The normalized spacial score (nSPS) is 18.5. The summed E-state index contributed by atoms with van der Waals surface area (Å²) in [4.78, 5) is 23.2. The Morgan fingerprint density at radius 2 is 1.81 bits per heavy atom. The fourth-order valence-corrected chi connectivity index (χ4v) is 3.53. The van der Waals surface area contributed by atoms with Gasteiger partial charge < -0.3 is 14.0 Å². The van der Waals surface area contributed by atoms with E-state index < -0.39 is 24.3 Å². The van der Waals surface area contributed by atoms with E-state index in [0.717, 1.165) is 15.5 Å². The second-order valence-corrected chi connectivity index (χ2v) is 9.32. The van der Waals surface area contributed by atoms with E-state index in [2.05, 4.69) is 15.9 Å². The maximum absolute atomic E-state index is 11.7. The lowest BCUT2D eigenvalue weighted by Gasteiger charge is -2.32. The Labute approximate surface area is 173 Å². The summed E-state index contributed by atoms with van der Waals surface area (Å²) in [7, 11) is 0.799. The summed E-state index contributed by atoms with van der Waals surface area (Å²) >= 11 is 4.71. The van der Waals surface area contributed by atoms with E-state index >= 15 is 0 Å². The highest BCUT2D eigenvalue weighted by Crippen LogP contribution is 2.39. The predicted molar refractivity (Wildman–Crippen MR) is 113 cm³/mol. The molecule has 0 radical (unpaired) electrons. The molecule has 0 unspecified atom stereocenters. The van der Waals surface area contributed by atoms with Crippen molar-refractivity contribution in [3.63, 3.8) is 0 Å². The first-order chi connectivity index (χ1) is 12.5. The smallest absolute Gasteiger partial charge is 0.465 e. The second kappa shape index (κ2) is 8.51. The summed E-state index contributed by atoms with van der Waals surface area (Å²) < 4.78 is 17.8. The number of methoxy groups -OCH3 is 1. The molecular formula is C19H24BBrO5S. The maximum atomic E-state index is 11.7. The number of benzene rings is 1. The van der Waals surface area contributed by atoms with Crippen LogP contribution in [-0.2, 0) is 18.8 Å². The van der Waals surface area contributed by atoms with Crippen molar-refractivity contribution in [2.45, 2.75) is 45.8 Å². The molecule has 146 valence electrons. The molecule has 5 nitrogen and oxygen atoms in total. The molecule has 1 aliphatic heterocycles. The summed E-state index contributed by atoms with van der Waals surface area (Å²) in [5.41, 5.74) is 1.22. The average molecular weight is 455 g/mol. The second-order valence-electron chi connectivity index (χ2n) is 7.32. The molecule has 0 amide bonds. The number of carbonyl (C=O) groups is 2. The van der Waals surface area contributed by atoms with E-state index in [4.69, 9.17) is 14.0 Å². The van der Waals surface area contributed by atoms with Crippen LogP contribution < -0.4 is 0 Å². The van der Waals surface area contributed by atoms with Crippen LogP contribution in [0.5, 0.6) is 0 Å². The van der Waals surface area contributed by atoms with Gasteiger partial charge in [0.1, 0.15) is 0 Å². The first-order valence-corrected chi connectivity index (χ1v) is 10.3. The Balaban J connectivity index is 2.37. The van der Waals surface area contributed by atoms with Crippen molar-refractivity contribution < 1.29 is 23.6 Å². The molecule has 27 heavy (non-hydrogen) atoms. The number of halogens is 1. The molecule has 1 saturated heterocycles. The van der Waals surface area contributed by atoms with E-state index in [1.165, 1.54) is 25.8 Å². The van der Waals surface area contributed by atoms with Gasteiger partial charge in [-0.1, -0.05) is 39.8 Å². The van der Waals surface area contributed by atoms with Crippen LogP contribution in [0.1, 0.15) is 50.5 Å². The van der Waals surface area contributed by atoms with E-state index in [0.29, 0.717) is 11.3 Å². The van der Waals surface area contributed by atoms with Crippen LogP contribution in [0.25, 0.3) is 6.08 Å². The number of rotatable bonds is 5. The lowest BCUT2D eigenvalue weighted by atomic mass is 9.78. The minimum Gasteiger partial charge on any atom is -0.465 e. The third-order valence-electron chi connectivity index (χ3n) is 4.76. The molecule has 1 fully saturated rings. The van der Waals surface area contributed by atoms with Crippen molar-refractivity contribution >= 4 is 52.0 Å². The molecule has 0 N–H and O–H groups in total. The molecule has 8 heteroatoms. The number of esters is 1. The van der Waals surface area contributed by atoms with Crippen LogP contribution in [-0.4, -0.2) is 42.3 Å². The monoisotopic (exact) mass is 454 g/mol. The van der Waals surface area contributed by atoms with Crippen molar-refractivity contribution in [3.8, 4) is 0 Å². The highest BCUT2D eigenvalue weighted by atomic mass is 79.9. The van der Waals surface area contributed by atoms with Crippen LogP contribution in [0.2, 0.25) is 0 Å². The molecule has 0 atom stereocenters. The van der Waals surface area contributed by atoms with Gasteiger partial charge in [0.25, 0.3) is 0 Å². The lowest BCUT2D eigenvalue weighted by molar-refractivity contribution is -0.109. The molecule has 1 aliphatic rings. The number of carbonyl (C=O) groups excluding carboxylic acids is 2. The molecule has 2 rings (SSSR count). The molecular weight excluding hydrogens is 431 g/mol. The van der Waals surface area contributed by atoms with Gasteiger partial charge in [-0.2, -0.15) is 0 Å². The van der Waals surface area contributed by atoms with Crippen molar-refractivity contribution in [1.29, 1.82) is 0 Å². The lowest BCUT2D eigenvalue weighted by Crippen LogP contribution is -2.41. The van der Waals surface area contributed by atoms with Gasteiger partial charge in [-0.05, 0) is 50.9 Å². The SMILES string of the molecule is COC(=O)c1ccc(C=C(CSC(C)=O)B2OC(C)(C)C(C)(C)O2)c(Br)c1.